The van der Waals surface area contributed by atoms with E-state index in [-0.39, 0.29) is 25.7 Å². The average Bonchev–Trinajstić information content (AvgIpc) is 3.64. The Balaban J connectivity index is 1.61. The number of amides is 1. The van der Waals surface area contributed by atoms with Gasteiger partial charge >= 0.3 is 5.69 Å². The van der Waals surface area contributed by atoms with Crippen molar-refractivity contribution in [1.29, 1.82) is 0 Å². The molecule has 12 nitrogen and oxygen atoms in total. The summed E-state index contributed by atoms with van der Waals surface area (Å²) in [6, 6.07) is 4.93. The molecule has 3 aromatic heterocycles. The molecule has 1 fully saturated rings. The SMILES string of the molecule is COc1ccc(F)cc1[C@H](Cn1c(=O)n(C2CCCNC2=O)c(=O)c2c(C)c(-n3cccn3)sc21)OCCOCC[N+](C)(C)C. The van der Waals surface area contributed by atoms with E-state index in [2.05, 4.69) is 31.6 Å². The fourth-order valence-electron chi connectivity index (χ4n) is 5.45. The minimum atomic E-state index is -0.959. The molecule has 1 aliphatic rings. The summed E-state index contributed by atoms with van der Waals surface area (Å²) in [6.07, 6.45) is 3.51. The Morgan fingerprint density at radius 1 is 1.18 bits per heavy atom. The van der Waals surface area contributed by atoms with Crippen molar-refractivity contribution in [2.45, 2.75) is 38.5 Å². The van der Waals surface area contributed by atoms with Crippen LogP contribution in [0.15, 0.2) is 46.2 Å². The fraction of sp³-hybridized carbons (Fsp3) is 0.484. The summed E-state index contributed by atoms with van der Waals surface area (Å²) in [5.41, 5.74) is -0.149. The zero-order chi connectivity index (χ0) is 32.3. The Hall–Kier alpha value is -3.85. The molecule has 0 saturated carbocycles. The number of rotatable bonds is 13. The molecule has 1 aromatic carbocycles. The average molecular weight is 644 g/mol. The predicted molar refractivity (Wildman–Crippen MR) is 169 cm³/mol. The Morgan fingerprint density at radius 3 is 2.67 bits per heavy atom. The Morgan fingerprint density at radius 2 is 1.98 bits per heavy atom. The van der Waals surface area contributed by atoms with Crippen LogP contribution in [0.1, 0.15) is 36.1 Å². The fourth-order valence-corrected chi connectivity index (χ4v) is 6.70. The van der Waals surface area contributed by atoms with Crippen LogP contribution in [0, 0.1) is 12.7 Å². The number of ether oxygens (including phenoxy) is 3. The predicted octanol–water partition coefficient (Wildman–Crippen LogP) is 2.80. The number of aromatic nitrogens is 4. The monoisotopic (exact) mass is 643 g/mol. The van der Waals surface area contributed by atoms with Crippen molar-refractivity contribution in [3.63, 3.8) is 0 Å². The summed E-state index contributed by atoms with van der Waals surface area (Å²) >= 11 is 1.24. The van der Waals surface area contributed by atoms with E-state index in [9.17, 15) is 18.8 Å². The highest BCUT2D eigenvalue weighted by atomic mass is 32.1. The Bertz CT molecular complexity index is 1770. The molecule has 14 heteroatoms. The minimum Gasteiger partial charge on any atom is -0.496 e. The lowest BCUT2D eigenvalue weighted by atomic mass is 10.1. The van der Waals surface area contributed by atoms with Gasteiger partial charge in [-0.05, 0) is 44.0 Å². The van der Waals surface area contributed by atoms with E-state index in [1.165, 1.54) is 41.2 Å². The van der Waals surface area contributed by atoms with Gasteiger partial charge in [0.1, 0.15) is 40.1 Å². The minimum absolute atomic E-state index is 0.0822. The molecule has 1 saturated heterocycles. The van der Waals surface area contributed by atoms with E-state index >= 15 is 0 Å². The number of carbonyl (C=O) groups excluding carboxylic acids is 1. The van der Waals surface area contributed by atoms with Crippen LogP contribution >= 0.6 is 11.3 Å². The van der Waals surface area contributed by atoms with Crippen LogP contribution < -0.4 is 21.3 Å². The number of nitrogens with zero attached hydrogens (tertiary/aromatic N) is 5. The normalized spacial score (nSPS) is 16.2. The van der Waals surface area contributed by atoms with Crippen LogP contribution in [0.5, 0.6) is 5.75 Å². The van der Waals surface area contributed by atoms with E-state index in [4.69, 9.17) is 14.2 Å². The summed E-state index contributed by atoms with van der Waals surface area (Å²) in [5.74, 6) is -0.485. The van der Waals surface area contributed by atoms with Crippen molar-refractivity contribution in [2.24, 2.45) is 0 Å². The number of benzene rings is 1. The van der Waals surface area contributed by atoms with Crippen LogP contribution in [0.25, 0.3) is 15.2 Å². The number of fused-ring (bicyclic) bond motifs is 1. The van der Waals surface area contributed by atoms with Crippen LogP contribution in [-0.2, 0) is 20.8 Å². The largest absolute Gasteiger partial charge is 0.496 e. The van der Waals surface area contributed by atoms with Crippen LogP contribution in [0.4, 0.5) is 4.39 Å². The summed E-state index contributed by atoms with van der Waals surface area (Å²) in [4.78, 5) is 41.7. The maximum absolute atomic E-state index is 14.6. The van der Waals surface area contributed by atoms with E-state index in [1.807, 2.05) is 0 Å². The first-order valence-corrected chi connectivity index (χ1v) is 15.7. The van der Waals surface area contributed by atoms with Crippen LogP contribution in [-0.4, -0.2) is 90.5 Å². The molecule has 4 heterocycles. The number of piperidine rings is 1. The zero-order valence-electron chi connectivity index (χ0n) is 26.2. The molecule has 0 radical (unpaired) electrons. The van der Waals surface area contributed by atoms with Gasteiger partial charge in [0.15, 0.2) is 0 Å². The quantitative estimate of drug-likeness (QED) is 0.176. The lowest BCUT2D eigenvalue weighted by molar-refractivity contribution is -0.870. The van der Waals surface area contributed by atoms with Crippen molar-refractivity contribution in [3.8, 4) is 10.8 Å². The molecule has 1 N–H and O–H groups in total. The third kappa shape index (κ3) is 7.03. The molecular formula is C31H40FN6O6S+. The van der Waals surface area contributed by atoms with Gasteiger partial charge in [-0.15, -0.1) is 0 Å². The number of carbonyl (C=O) groups is 1. The van der Waals surface area contributed by atoms with Gasteiger partial charge in [-0.2, -0.15) is 5.10 Å². The van der Waals surface area contributed by atoms with E-state index < -0.39 is 29.2 Å². The zero-order valence-corrected chi connectivity index (χ0v) is 27.1. The molecule has 2 atom stereocenters. The van der Waals surface area contributed by atoms with E-state index in [0.717, 1.165) is 15.6 Å². The standard InChI is InChI=1S/C31H39FN6O6S/c1-20-26-28(40)37(23-8-6-11-33-27(23)39)31(41)35(30(26)45-29(20)36-13-7-12-34-36)19-25(22-18-21(32)9-10-24(22)42-5)44-17-16-43-15-14-38(2,3)4/h7,9-10,12-13,18,23,25H,6,8,11,14-17,19H2,1-5H3/p+1/t23?,25-/m0/s1. The van der Waals surface area contributed by atoms with Gasteiger partial charge in [-0.1, -0.05) is 11.3 Å². The second-order valence-corrected chi connectivity index (χ2v) is 13.0. The van der Waals surface area contributed by atoms with E-state index in [0.29, 0.717) is 58.1 Å². The molecule has 0 aliphatic carbocycles. The van der Waals surface area contributed by atoms with Gasteiger partial charge in [-0.3, -0.25) is 14.2 Å². The summed E-state index contributed by atoms with van der Waals surface area (Å²) in [6.45, 7) is 3.97. The molecule has 45 heavy (non-hydrogen) atoms. The summed E-state index contributed by atoms with van der Waals surface area (Å²) in [5, 5.41) is 8.10. The van der Waals surface area contributed by atoms with Gasteiger partial charge in [0.25, 0.3) is 5.56 Å². The molecule has 1 amide bonds. The number of thiophene rings is 1. The maximum atomic E-state index is 14.6. The molecule has 5 rings (SSSR count). The summed E-state index contributed by atoms with van der Waals surface area (Å²) < 4.78 is 37.2. The highest BCUT2D eigenvalue weighted by molar-refractivity contribution is 7.21. The highest BCUT2D eigenvalue weighted by Crippen LogP contribution is 2.34. The molecule has 0 bridgehead atoms. The molecule has 1 aliphatic heterocycles. The summed E-state index contributed by atoms with van der Waals surface area (Å²) in [7, 11) is 7.70. The number of likely N-dealkylation sites (N-methyl/N-ethyl adjacent to an activating group) is 1. The van der Waals surface area contributed by atoms with Crippen molar-refractivity contribution >= 4 is 27.5 Å². The van der Waals surface area contributed by atoms with Crippen LogP contribution in [0.2, 0.25) is 0 Å². The Kier molecular flexibility index (Phi) is 9.87. The molecular weight excluding hydrogens is 603 g/mol. The van der Waals surface area contributed by atoms with Gasteiger partial charge in [-0.25, -0.2) is 18.4 Å². The lowest BCUT2D eigenvalue weighted by Crippen LogP contribution is -2.49. The van der Waals surface area contributed by atoms with Crippen molar-refractivity contribution in [1.82, 2.24) is 24.2 Å². The number of quaternary nitrogens is 1. The molecule has 1 unspecified atom stereocenters. The molecule has 0 spiro atoms. The maximum Gasteiger partial charge on any atom is 0.332 e. The second-order valence-electron chi connectivity index (χ2n) is 12.1. The van der Waals surface area contributed by atoms with Crippen molar-refractivity contribution < 1.29 is 27.9 Å². The first-order chi connectivity index (χ1) is 21.5. The van der Waals surface area contributed by atoms with Crippen LogP contribution in [0.3, 0.4) is 0 Å². The number of hydrogen-bond donors (Lipinski definition) is 1. The van der Waals surface area contributed by atoms with Gasteiger partial charge in [0.05, 0.1) is 60.0 Å². The number of nitrogens with one attached hydrogen (secondary N) is 1. The smallest absolute Gasteiger partial charge is 0.332 e. The number of methoxy groups -OCH3 is 1. The molecule has 242 valence electrons. The highest BCUT2D eigenvalue weighted by Gasteiger charge is 2.31. The topological polar surface area (TPSA) is 119 Å². The van der Waals surface area contributed by atoms with Gasteiger partial charge in [0.2, 0.25) is 5.91 Å². The number of hydrogen-bond acceptors (Lipinski definition) is 8. The van der Waals surface area contributed by atoms with E-state index in [1.54, 1.807) is 30.1 Å². The Labute approximate surface area is 264 Å². The van der Waals surface area contributed by atoms with Gasteiger partial charge < -0.3 is 24.0 Å². The second kappa shape index (κ2) is 13.6. The number of halogens is 1. The lowest BCUT2D eigenvalue weighted by Gasteiger charge is -2.26. The first kappa shape index (κ1) is 32.5. The third-order valence-corrected chi connectivity index (χ3v) is 9.14. The number of aryl methyl sites for hydroxylation is 1. The van der Waals surface area contributed by atoms with Crippen molar-refractivity contribution in [2.75, 3.05) is 61.2 Å². The molecule has 4 aromatic rings. The first-order valence-electron chi connectivity index (χ1n) is 14.9. The van der Waals surface area contributed by atoms with Gasteiger partial charge in [0, 0.05) is 30.1 Å². The van der Waals surface area contributed by atoms with Crippen molar-refractivity contribution in [3.05, 3.63) is 74.4 Å². The third-order valence-electron chi connectivity index (χ3n) is 7.84.